The van der Waals surface area contributed by atoms with Crippen LogP contribution in [-0.4, -0.2) is 194 Å². The van der Waals surface area contributed by atoms with Crippen molar-refractivity contribution in [1.82, 2.24) is 20.7 Å². The van der Waals surface area contributed by atoms with E-state index in [1.165, 1.54) is 27.2 Å². The molecule has 1 heterocycles. The topological polar surface area (TPSA) is 522 Å². The number of aliphatic hydroxyl groups excluding tert-OH is 1. The smallest absolute Gasteiger partial charge is 0.408 e. The van der Waals surface area contributed by atoms with Crippen molar-refractivity contribution in [3.05, 3.63) is 22.5 Å². The highest BCUT2D eigenvalue weighted by atomic mass is 32.2. The number of nitrogens with two attached hydrogens (primary N) is 5. The zero-order chi connectivity index (χ0) is 95.8. The third-order valence-electron chi connectivity index (χ3n) is 15.2. The number of hydrogen-bond donors (Lipinski definition) is 11. The number of carboxylic acid groups (broad SMARTS) is 1. The number of carboxylic acids is 1. The van der Waals surface area contributed by atoms with Crippen LogP contribution in [0.15, 0.2) is 12.3 Å². The minimum atomic E-state index is -3.28. The van der Waals surface area contributed by atoms with Crippen LogP contribution in [0.3, 0.4) is 0 Å². The van der Waals surface area contributed by atoms with Crippen LogP contribution >= 0.6 is 0 Å². The number of hydrogen-bond acceptors (Lipinski definition) is 26. The molecule has 0 aromatic rings. The number of allylic oxidation sites excluding steroid dienone is 1. The van der Waals surface area contributed by atoms with E-state index in [-0.39, 0.29) is 130 Å². The lowest BCUT2D eigenvalue weighted by Gasteiger charge is -2.23. The molecule has 10 atom stereocenters. The number of sulfonamides is 1. The van der Waals surface area contributed by atoms with Crippen molar-refractivity contribution in [2.45, 2.75) is 416 Å². The van der Waals surface area contributed by atoms with Crippen LogP contribution in [0.2, 0.25) is 0 Å². The van der Waals surface area contributed by atoms with E-state index in [0.29, 0.717) is 80.9 Å². The quantitative estimate of drug-likeness (QED) is 0.0118. The number of esters is 3. The molecule has 1 fully saturated rings. The van der Waals surface area contributed by atoms with E-state index in [1.54, 1.807) is 62.3 Å². The Morgan fingerprint density at radius 1 is 0.488 bits per heavy atom. The predicted octanol–water partition coefficient (Wildman–Crippen LogP) is 16.7. The summed E-state index contributed by atoms with van der Waals surface area (Å²) < 4.78 is 53.7. The van der Waals surface area contributed by atoms with Gasteiger partial charge in [-0.15, -0.1) is 0 Å². The highest BCUT2D eigenvalue weighted by Crippen LogP contribution is 2.27. The normalized spacial score (nSPS) is 13.8. The number of ether oxygens (including phenoxy) is 6. The molecular weight excluding hydrogens is 1630 g/mol. The van der Waals surface area contributed by atoms with Crippen molar-refractivity contribution in [1.29, 1.82) is 0 Å². The zero-order valence-corrected chi connectivity index (χ0v) is 81.1. The molecule has 0 spiro atoms. The van der Waals surface area contributed by atoms with Crippen molar-refractivity contribution >= 4 is 69.3 Å². The lowest BCUT2D eigenvalue weighted by Crippen LogP contribution is -2.44. The Morgan fingerprint density at radius 2 is 0.808 bits per heavy atom. The van der Waals surface area contributed by atoms with Crippen LogP contribution in [0.25, 0.3) is 0 Å². The van der Waals surface area contributed by atoms with Crippen molar-refractivity contribution in [2.75, 3.05) is 45.8 Å². The van der Waals surface area contributed by atoms with Gasteiger partial charge in [-0.3, -0.25) is 34.1 Å². The number of ketones is 3. The zero-order valence-electron chi connectivity index (χ0n) is 80.3. The number of rotatable bonds is 39. The van der Waals surface area contributed by atoms with Gasteiger partial charge in [0.15, 0.2) is 0 Å². The summed E-state index contributed by atoms with van der Waals surface area (Å²) in [6.45, 7) is 68.6. The highest BCUT2D eigenvalue weighted by Gasteiger charge is 2.32. The number of nitro groups is 1. The van der Waals surface area contributed by atoms with Crippen LogP contribution in [0.5, 0.6) is 0 Å². The average molecular weight is 1830 g/mol. The number of Topliss-reactive ketones (excluding diaryl/α,β-unsaturated/α-hetero) is 3. The minimum absolute atomic E-state index is 0. The summed E-state index contributed by atoms with van der Waals surface area (Å²) in [6.07, 6.45) is 9.05. The van der Waals surface area contributed by atoms with E-state index in [1.807, 2.05) is 83.1 Å². The number of aliphatic hydroxyl groups is 1. The van der Waals surface area contributed by atoms with Crippen LogP contribution in [0.4, 0.5) is 9.59 Å². The first kappa shape index (κ1) is 153. The van der Waals surface area contributed by atoms with Crippen LogP contribution in [-0.2, 0) is 76.8 Å². The molecular formula is C92H200N10O22S. The van der Waals surface area contributed by atoms with Gasteiger partial charge in [-0.2, -0.15) is 0 Å². The molecule has 16 N–H and O–H groups in total. The first-order valence-electron chi connectivity index (χ1n) is 42.4. The van der Waals surface area contributed by atoms with Gasteiger partial charge in [0.1, 0.15) is 46.7 Å². The largest absolute Gasteiger partial charge is 0.498 e. The Balaban J connectivity index is -0.0000000830. The van der Waals surface area contributed by atoms with Crippen molar-refractivity contribution < 1.29 is 99.9 Å². The summed E-state index contributed by atoms with van der Waals surface area (Å²) in [5.74, 6) is 3.39. The molecule has 1 rings (SSSR count). The second kappa shape index (κ2) is 86.9. The van der Waals surface area contributed by atoms with E-state index in [9.17, 15) is 66.5 Å². The molecule has 1 saturated heterocycles. The Hall–Kier alpha value is -6.49. The molecule has 0 bridgehead atoms. The van der Waals surface area contributed by atoms with Gasteiger partial charge in [-0.05, 0) is 206 Å². The number of aliphatic carboxylic acids is 1. The summed E-state index contributed by atoms with van der Waals surface area (Å²) in [4.78, 5) is 121. The summed E-state index contributed by atoms with van der Waals surface area (Å²) >= 11 is 0. The van der Waals surface area contributed by atoms with E-state index < -0.39 is 92.5 Å². The first-order chi connectivity index (χ1) is 54.0. The second-order valence-electron chi connectivity index (χ2n) is 35.9. The SMILES string of the molecule is C.C.C.C.C.C.C=C1CC(CC(C)C)CO1.CC(=O)[C@@H](CC(C)C)NS(C)(=O)=O.CC(=O)[C@H](N)CC(C)C.CC(=O)[C@H](N)CC(C)C.CC(C)C[C@@H](N)C(=O)NCCO.CC(C)C[C@@H](NC(=O)OC(C)(C)C)C(=O)O.CCOC(=O)[C@@H](CC(C)C)NC(=O)OC(C)(C)C.CCOC(=O)[C@@H](CC(C)C)[N+](=O)[O-].CCOC(=O)[C@H](N)CC(C)C.CC[C@H](N)CC(C)C. The van der Waals surface area contributed by atoms with Crippen molar-refractivity contribution in [2.24, 2.45) is 93.8 Å². The molecule has 33 heteroatoms. The second-order valence-corrected chi connectivity index (χ2v) is 37.7. The fraction of sp³-hybridized carbons (Fsp3) is 0.870. The Bertz CT molecular complexity index is 2820. The standard InChI is InChI=1S/C13H25NO4.C11H21NO4.C9H16O.C8H18N2O2.C8H15NO4.C8H17NO3S.C8H17NO2.2C7H15NO.C7H17N.6CH4/c1-7-17-11(15)10(8-9(2)3)14-12(16)18-13(4,5)6;1-7(2)6-8(9(13)14)12-10(15)16-11(3,4)5;1-7(2)4-9-5-8(3)10-6-9;1-6(2)5-7(9)8(12)10-3-4-11;1-4-13-8(10)7(9(11)12)5-6(2)3;1-6(2)5-8(7(3)10)9-13(4,11)12;1-4-11-8(10)7(9)5-6(2)3;2*1-5(2)4-7(8)6(3)9;1-4-7(8)5-6(2)3;;;;;;/h9-10H,7-8H2,1-6H3,(H,14,16);7-8H,6H2,1-5H3,(H,12,15)(H,13,14);7,9H,3-6H2,1-2H3;6-7,11H,3-5,9H2,1-2H3,(H,10,12);6-7H,4-5H2,1-3H3;6,8-9H,5H2,1-4H3;6-7H,4-5,9H2,1-3H3;2*5,7H,4,8H2,1-3H3;6-7H,4-5,8H2,1-3H3;6*1H4/t10-;8-;;2*7-;8-;4*7-;;;;;;/m11.1111110....../s1. The van der Waals surface area contributed by atoms with E-state index in [0.717, 1.165) is 68.5 Å². The molecule has 1 unspecified atom stereocenters. The van der Waals surface area contributed by atoms with Gasteiger partial charge >= 0.3 is 42.1 Å². The Kier molecular flexibility index (Phi) is 106. The third-order valence-corrected chi connectivity index (χ3v) is 15.9. The molecule has 0 saturated carbocycles. The predicted molar refractivity (Wildman–Crippen MR) is 517 cm³/mol. The lowest BCUT2D eigenvalue weighted by molar-refractivity contribution is -0.512. The number of nitrogens with zero attached hydrogens (tertiary/aromatic N) is 1. The lowest BCUT2D eigenvalue weighted by atomic mass is 9.96. The van der Waals surface area contributed by atoms with Gasteiger partial charge in [0.2, 0.25) is 15.9 Å². The maximum atomic E-state index is 11.7. The molecule has 1 aliphatic heterocycles. The van der Waals surface area contributed by atoms with Crippen LogP contribution < -0.4 is 49.3 Å². The van der Waals surface area contributed by atoms with Gasteiger partial charge < -0.3 is 83.3 Å². The number of carbonyl (C=O) groups is 10. The summed E-state index contributed by atoms with van der Waals surface area (Å²) in [6, 6.07) is -4.29. The van der Waals surface area contributed by atoms with E-state index >= 15 is 0 Å². The van der Waals surface area contributed by atoms with Gasteiger partial charge in [0.25, 0.3) is 0 Å². The third kappa shape index (κ3) is 116. The van der Waals surface area contributed by atoms with E-state index in [4.69, 9.17) is 62.6 Å². The van der Waals surface area contributed by atoms with Gasteiger partial charge in [-0.25, -0.2) is 37.1 Å². The first-order valence-corrected chi connectivity index (χ1v) is 44.2. The average Bonchev–Trinajstić information content (AvgIpc) is 1.65. The Morgan fingerprint density at radius 3 is 1.06 bits per heavy atom. The fourth-order valence-electron chi connectivity index (χ4n) is 9.89. The fourth-order valence-corrected chi connectivity index (χ4v) is 10.7. The summed E-state index contributed by atoms with van der Waals surface area (Å²) in [5, 5.41) is 35.2. The monoisotopic (exact) mass is 1830 g/mol. The van der Waals surface area contributed by atoms with Gasteiger partial charge in [-0.1, -0.05) is 197 Å². The maximum Gasteiger partial charge on any atom is 0.408 e. The van der Waals surface area contributed by atoms with Crippen molar-refractivity contribution in [3.63, 3.8) is 0 Å². The summed E-state index contributed by atoms with van der Waals surface area (Å²) in [7, 11) is -3.28. The van der Waals surface area contributed by atoms with Crippen LogP contribution in [0.1, 0.15) is 350 Å². The molecule has 756 valence electrons. The van der Waals surface area contributed by atoms with Gasteiger partial charge in [0, 0.05) is 36.3 Å². The molecule has 3 amide bonds. The molecule has 125 heavy (non-hydrogen) atoms. The molecule has 0 aromatic carbocycles. The summed E-state index contributed by atoms with van der Waals surface area (Å²) in [5.41, 5.74) is 26.5. The number of carbonyl (C=O) groups excluding carboxylic acids is 9. The molecule has 0 aromatic heterocycles. The molecule has 0 aliphatic carbocycles. The van der Waals surface area contributed by atoms with Gasteiger partial charge in [0.05, 0.1) is 69.2 Å². The van der Waals surface area contributed by atoms with Crippen LogP contribution in [0, 0.1) is 75.2 Å². The number of nitrogens with one attached hydrogen (secondary N) is 4. The molecule has 32 nitrogen and oxygen atoms in total. The number of alkyl carbamates (subject to hydrolysis) is 2. The molecule has 1 aliphatic rings. The minimum Gasteiger partial charge on any atom is -0.498 e. The maximum absolute atomic E-state index is 11.7. The molecule has 0 radical (unpaired) electrons. The highest BCUT2D eigenvalue weighted by molar-refractivity contribution is 7.88. The van der Waals surface area contributed by atoms with E-state index in [2.05, 4.69) is 94.3 Å². The van der Waals surface area contributed by atoms with Crippen molar-refractivity contribution in [3.8, 4) is 0 Å². The number of amides is 3. The Labute approximate surface area is 764 Å².